The normalized spacial score (nSPS) is 16.5. The van der Waals surface area contributed by atoms with Gasteiger partial charge in [0, 0.05) is 50.4 Å². The molecule has 168 valence electrons. The number of rotatable bonds is 7. The van der Waals surface area contributed by atoms with Crippen molar-refractivity contribution in [2.75, 3.05) is 33.4 Å². The molecule has 4 rings (SSSR count). The fraction of sp³-hybridized carbons (Fsp3) is 0.348. The molecule has 0 saturated carbocycles. The van der Waals surface area contributed by atoms with Crippen molar-refractivity contribution in [3.63, 3.8) is 0 Å². The summed E-state index contributed by atoms with van der Waals surface area (Å²) in [6, 6.07) is 9.79. The molecule has 4 N–H and O–H groups in total. The maximum Gasteiger partial charge on any atom is 0.156 e. The topological polar surface area (TPSA) is 113 Å². The molecule has 1 aliphatic heterocycles. The van der Waals surface area contributed by atoms with Crippen LogP contribution in [0.2, 0.25) is 0 Å². The first-order valence-electron chi connectivity index (χ1n) is 10.5. The van der Waals surface area contributed by atoms with Crippen LogP contribution in [0.1, 0.15) is 17.7 Å². The summed E-state index contributed by atoms with van der Waals surface area (Å²) in [5.41, 5.74) is 7.99. The SMILES string of the molecule is COCCOc1cc(F)cc2ccc(C(=N)n3cc(CN4CCC(N)C4)ccc3=N)nc12. The van der Waals surface area contributed by atoms with Crippen molar-refractivity contribution >= 4 is 16.7 Å². The molecule has 1 aromatic carbocycles. The molecule has 9 heteroatoms. The van der Waals surface area contributed by atoms with E-state index < -0.39 is 5.82 Å². The molecule has 0 bridgehead atoms. The predicted molar refractivity (Wildman–Crippen MR) is 119 cm³/mol. The molecule has 1 saturated heterocycles. The molecule has 1 fully saturated rings. The third-order valence-corrected chi connectivity index (χ3v) is 5.48. The number of methoxy groups -OCH3 is 1. The molecule has 2 aromatic heterocycles. The molecule has 3 heterocycles. The number of halogens is 1. The minimum absolute atomic E-state index is 0.0593. The third kappa shape index (κ3) is 4.85. The number of nitrogens with one attached hydrogen (secondary N) is 2. The van der Waals surface area contributed by atoms with Gasteiger partial charge in [-0.2, -0.15) is 0 Å². The number of fused-ring (bicyclic) bond motifs is 1. The minimum Gasteiger partial charge on any atom is -0.489 e. The van der Waals surface area contributed by atoms with Crippen molar-refractivity contribution in [3.05, 3.63) is 65.2 Å². The summed E-state index contributed by atoms with van der Waals surface area (Å²) in [4.78, 5) is 6.84. The summed E-state index contributed by atoms with van der Waals surface area (Å²) >= 11 is 0. The van der Waals surface area contributed by atoms with Crippen LogP contribution in [0.3, 0.4) is 0 Å². The molecule has 1 unspecified atom stereocenters. The summed E-state index contributed by atoms with van der Waals surface area (Å²) < 4.78 is 26.1. The van der Waals surface area contributed by atoms with E-state index in [4.69, 9.17) is 26.0 Å². The van der Waals surface area contributed by atoms with Gasteiger partial charge in [-0.15, -0.1) is 0 Å². The highest BCUT2D eigenvalue weighted by Crippen LogP contribution is 2.26. The Morgan fingerprint density at radius 2 is 2.09 bits per heavy atom. The molecule has 1 aliphatic rings. The lowest BCUT2D eigenvalue weighted by Gasteiger charge is -2.17. The molecule has 0 radical (unpaired) electrons. The van der Waals surface area contributed by atoms with E-state index in [2.05, 4.69) is 9.88 Å². The average Bonchev–Trinajstić information content (AvgIpc) is 3.19. The Morgan fingerprint density at radius 1 is 1.25 bits per heavy atom. The summed E-state index contributed by atoms with van der Waals surface area (Å²) in [6.45, 7) is 3.11. The van der Waals surface area contributed by atoms with E-state index in [0.29, 0.717) is 35.5 Å². The number of nitrogens with two attached hydrogens (primary N) is 1. The van der Waals surface area contributed by atoms with Crippen LogP contribution < -0.4 is 16.0 Å². The van der Waals surface area contributed by atoms with Gasteiger partial charge in [0.05, 0.1) is 6.61 Å². The van der Waals surface area contributed by atoms with Gasteiger partial charge in [0.1, 0.15) is 34.9 Å². The fourth-order valence-electron chi connectivity index (χ4n) is 3.86. The summed E-state index contributed by atoms with van der Waals surface area (Å²) in [5, 5.41) is 17.5. The van der Waals surface area contributed by atoms with E-state index in [1.807, 2.05) is 6.07 Å². The second-order valence-electron chi connectivity index (χ2n) is 7.94. The Morgan fingerprint density at radius 3 is 2.84 bits per heavy atom. The monoisotopic (exact) mass is 438 g/mol. The number of hydrogen-bond donors (Lipinski definition) is 3. The Kier molecular flexibility index (Phi) is 6.59. The maximum atomic E-state index is 14.0. The van der Waals surface area contributed by atoms with Crippen molar-refractivity contribution < 1.29 is 13.9 Å². The van der Waals surface area contributed by atoms with Gasteiger partial charge in [-0.3, -0.25) is 20.3 Å². The Hall–Kier alpha value is -3.14. The van der Waals surface area contributed by atoms with Gasteiger partial charge in [-0.25, -0.2) is 9.37 Å². The number of hydrogen-bond acceptors (Lipinski definition) is 7. The molecule has 0 aliphatic carbocycles. The van der Waals surface area contributed by atoms with Crippen molar-refractivity contribution in [2.45, 2.75) is 19.0 Å². The van der Waals surface area contributed by atoms with Crippen LogP contribution in [0.25, 0.3) is 10.9 Å². The highest BCUT2D eigenvalue weighted by Gasteiger charge is 2.19. The molecule has 1 atom stereocenters. The van der Waals surface area contributed by atoms with Gasteiger partial charge in [-0.05, 0) is 30.2 Å². The van der Waals surface area contributed by atoms with Crippen LogP contribution in [0, 0.1) is 16.6 Å². The number of aromatic nitrogens is 2. The smallest absolute Gasteiger partial charge is 0.156 e. The van der Waals surface area contributed by atoms with Crippen LogP contribution in [0.5, 0.6) is 5.75 Å². The summed E-state index contributed by atoms with van der Waals surface area (Å²) in [5.74, 6) is -0.0716. The molecule has 8 nitrogen and oxygen atoms in total. The first-order valence-corrected chi connectivity index (χ1v) is 10.5. The average molecular weight is 439 g/mol. The first-order chi connectivity index (χ1) is 15.4. The van der Waals surface area contributed by atoms with E-state index in [-0.39, 0.29) is 24.0 Å². The van der Waals surface area contributed by atoms with Crippen molar-refractivity contribution in [1.82, 2.24) is 14.5 Å². The van der Waals surface area contributed by atoms with E-state index >= 15 is 0 Å². The Balaban J connectivity index is 1.64. The number of likely N-dealkylation sites (tertiary alicyclic amines) is 1. The van der Waals surface area contributed by atoms with E-state index in [1.54, 1.807) is 31.5 Å². The summed E-state index contributed by atoms with van der Waals surface area (Å²) in [6.07, 6.45) is 2.77. The molecular weight excluding hydrogens is 411 g/mol. The predicted octanol–water partition coefficient (Wildman–Crippen LogP) is 2.09. The van der Waals surface area contributed by atoms with E-state index in [1.165, 1.54) is 16.7 Å². The summed E-state index contributed by atoms with van der Waals surface area (Å²) in [7, 11) is 1.56. The number of ether oxygens (including phenoxy) is 2. The molecule has 0 amide bonds. The van der Waals surface area contributed by atoms with E-state index in [0.717, 1.165) is 25.1 Å². The minimum atomic E-state index is -0.424. The quantitative estimate of drug-likeness (QED) is 0.297. The van der Waals surface area contributed by atoms with Crippen LogP contribution in [0.4, 0.5) is 4.39 Å². The molecular formula is C23H27FN6O2. The van der Waals surface area contributed by atoms with Gasteiger partial charge in [0.25, 0.3) is 0 Å². The van der Waals surface area contributed by atoms with Gasteiger partial charge >= 0.3 is 0 Å². The Labute approximate surface area is 185 Å². The lowest BCUT2D eigenvalue weighted by molar-refractivity contribution is 0.147. The largest absolute Gasteiger partial charge is 0.489 e. The zero-order valence-electron chi connectivity index (χ0n) is 18.0. The number of benzene rings is 1. The van der Waals surface area contributed by atoms with Crippen LogP contribution >= 0.6 is 0 Å². The Bertz CT molecular complexity index is 1190. The zero-order chi connectivity index (χ0) is 22.7. The van der Waals surface area contributed by atoms with Crippen molar-refractivity contribution in [3.8, 4) is 5.75 Å². The lowest BCUT2D eigenvalue weighted by Crippen LogP contribution is -2.29. The van der Waals surface area contributed by atoms with Crippen LogP contribution in [-0.4, -0.2) is 59.7 Å². The maximum absolute atomic E-state index is 14.0. The van der Waals surface area contributed by atoms with Crippen LogP contribution in [0.15, 0.2) is 42.6 Å². The van der Waals surface area contributed by atoms with Crippen LogP contribution in [-0.2, 0) is 11.3 Å². The number of nitrogens with zero attached hydrogens (tertiary/aromatic N) is 3. The highest BCUT2D eigenvalue weighted by molar-refractivity contribution is 5.98. The third-order valence-electron chi connectivity index (χ3n) is 5.48. The highest BCUT2D eigenvalue weighted by atomic mass is 19.1. The zero-order valence-corrected chi connectivity index (χ0v) is 18.0. The standard InChI is InChI=1S/C23H27FN6O2/c1-31-8-9-32-20-11-17(24)10-16-3-4-19(28-22(16)20)23(27)30-13-15(2-5-21(30)26)12-29-7-6-18(25)14-29/h2-5,10-11,13,18,26-27H,6-9,12,14,25H2,1H3. The molecule has 0 spiro atoms. The van der Waals surface area contributed by atoms with Gasteiger partial charge < -0.3 is 15.2 Å². The number of pyridine rings is 2. The fourth-order valence-corrected chi connectivity index (χ4v) is 3.86. The van der Waals surface area contributed by atoms with Gasteiger partial charge in [-0.1, -0.05) is 12.1 Å². The van der Waals surface area contributed by atoms with E-state index in [9.17, 15) is 4.39 Å². The molecule has 32 heavy (non-hydrogen) atoms. The second-order valence-corrected chi connectivity index (χ2v) is 7.94. The first kappa shape index (κ1) is 22.1. The second kappa shape index (κ2) is 9.56. The lowest BCUT2D eigenvalue weighted by atomic mass is 10.1. The van der Waals surface area contributed by atoms with Crippen molar-refractivity contribution in [1.29, 1.82) is 10.8 Å². The van der Waals surface area contributed by atoms with Crippen molar-refractivity contribution in [2.24, 2.45) is 5.73 Å². The van der Waals surface area contributed by atoms with Gasteiger partial charge in [0.15, 0.2) is 5.84 Å². The van der Waals surface area contributed by atoms with Gasteiger partial charge in [0.2, 0.25) is 0 Å². The molecule has 3 aromatic rings.